The normalized spacial score (nSPS) is 11.3. The second-order valence-electron chi connectivity index (χ2n) is 3.06. The van der Waals surface area contributed by atoms with Crippen LogP contribution in [-0.2, 0) is 6.18 Å². The Bertz CT molecular complexity index is 402. The Labute approximate surface area is 108 Å². The minimum atomic E-state index is -4.38. The molecular weight excluding hydrogens is 351 g/mol. The van der Waals surface area contributed by atoms with Gasteiger partial charge in [-0.2, -0.15) is 13.2 Å². The lowest BCUT2D eigenvalue weighted by Gasteiger charge is -2.14. The molecule has 16 heavy (non-hydrogen) atoms. The predicted octanol–water partition coefficient (Wildman–Crippen LogP) is 4.79. The Morgan fingerprint density at radius 3 is 2.50 bits per heavy atom. The summed E-state index contributed by atoms with van der Waals surface area (Å²) in [6, 6.07) is 3.97. The minimum Gasteiger partial charge on any atom is -0.380 e. The highest BCUT2D eigenvalue weighted by atomic mass is 79.9. The van der Waals surface area contributed by atoms with Crippen LogP contribution in [0.25, 0.3) is 0 Å². The Morgan fingerprint density at radius 1 is 1.38 bits per heavy atom. The van der Waals surface area contributed by atoms with Crippen LogP contribution in [0.1, 0.15) is 5.56 Å². The van der Waals surface area contributed by atoms with Crippen molar-refractivity contribution in [2.24, 2.45) is 0 Å². The highest BCUT2D eigenvalue weighted by molar-refractivity contribution is 9.11. The van der Waals surface area contributed by atoms with E-state index >= 15 is 0 Å². The average molecular weight is 359 g/mol. The molecular formula is C10H8Br2F3N. The topological polar surface area (TPSA) is 12.0 Å². The first kappa shape index (κ1) is 13.6. The predicted molar refractivity (Wildman–Crippen MR) is 65.7 cm³/mol. The van der Waals surface area contributed by atoms with Gasteiger partial charge < -0.3 is 5.32 Å². The van der Waals surface area contributed by atoms with Crippen molar-refractivity contribution < 1.29 is 13.2 Å². The number of alkyl halides is 3. The van der Waals surface area contributed by atoms with E-state index in [0.717, 1.165) is 6.07 Å². The molecule has 0 aliphatic carbocycles. The quantitative estimate of drug-likeness (QED) is 0.819. The minimum absolute atomic E-state index is 0.0382. The summed E-state index contributed by atoms with van der Waals surface area (Å²) in [5.41, 5.74) is -0.660. The van der Waals surface area contributed by atoms with E-state index in [1.807, 2.05) is 0 Å². The van der Waals surface area contributed by atoms with Crippen LogP contribution >= 0.6 is 31.9 Å². The molecule has 0 aromatic heterocycles. The van der Waals surface area contributed by atoms with E-state index in [9.17, 15) is 13.2 Å². The highest BCUT2D eigenvalue weighted by Crippen LogP contribution is 2.36. The Hall–Kier alpha value is -0.490. The van der Waals surface area contributed by atoms with Gasteiger partial charge in [-0.1, -0.05) is 38.4 Å². The summed E-state index contributed by atoms with van der Waals surface area (Å²) in [4.78, 5) is 0. The average Bonchev–Trinajstić information content (AvgIpc) is 2.14. The van der Waals surface area contributed by atoms with Crippen LogP contribution in [0.3, 0.4) is 0 Å². The van der Waals surface area contributed by atoms with Gasteiger partial charge in [-0.15, -0.1) is 0 Å². The molecule has 0 saturated carbocycles. The molecule has 6 heteroatoms. The fourth-order valence-electron chi connectivity index (χ4n) is 1.10. The first-order valence-corrected chi connectivity index (χ1v) is 5.83. The zero-order chi connectivity index (χ0) is 12.3. The molecule has 0 aliphatic rings. The van der Waals surface area contributed by atoms with E-state index < -0.39 is 11.7 Å². The van der Waals surface area contributed by atoms with E-state index in [2.05, 4.69) is 43.8 Å². The van der Waals surface area contributed by atoms with Crippen molar-refractivity contribution in [3.8, 4) is 0 Å². The van der Waals surface area contributed by atoms with Crippen molar-refractivity contribution in [3.05, 3.63) is 39.3 Å². The Morgan fingerprint density at radius 2 is 2.00 bits per heavy atom. The third-order valence-electron chi connectivity index (χ3n) is 1.76. The van der Waals surface area contributed by atoms with Crippen LogP contribution in [0.4, 0.5) is 18.9 Å². The van der Waals surface area contributed by atoms with Gasteiger partial charge in [-0.25, -0.2) is 0 Å². The monoisotopic (exact) mass is 357 g/mol. The van der Waals surface area contributed by atoms with Gasteiger partial charge in [0.2, 0.25) is 0 Å². The summed E-state index contributed by atoms with van der Waals surface area (Å²) < 4.78 is 39.0. The maximum atomic E-state index is 12.7. The van der Waals surface area contributed by atoms with E-state index in [1.54, 1.807) is 6.07 Å². The standard InChI is InChI=1S/C10H8Br2F3N/c1-6(11)5-16-9-3-2-7(12)4-8(9)10(13,14)15/h2-4,16H,1,5H2. The van der Waals surface area contributed by atoms with Gasteiger partial charge in [0.25, 0.3) is 0 Å². The molecule has 0 atom stereocenters. The number of nitrogens with one attached hydrogen (secondary N) is 1. The Kier molecular flexibility index (Phi) is 4.43. The molecule has 0 saturated heterocycles. The smallest absolute Gasteiger partial charge is 0.380 e. The van der Waals surface area contributed by atoms with E-state index in [1.165, 1.54) is 6.07 Å². The zero-order valence-corrected chi connectivity index (χ0v) is 11.2. The van der Waals surface area contributed by atoms with Gasteiger partial charge in [-0.3, -0.25) is 0 Å². The first-order chi connectivity index (χ1) is 7.30. The van der Waals surface area contributed by atoms with Gasteiger partial charge in [0.05, 0.1) is 5.56 Å². The molecule has 0 bridgehead atoms. The number of hydrogen-bond donors (Lipinski definition) is 1. The van der Waals surface area contributed by atoms with Gasteiger partial charge in [0, 0.05) is 21.2 Å². The molecule has 88 valence electrons. The van der Waals surface area contributed by atoms with Gasteiger partial charge >= 0.3 is 6.18 Å². The van der Waals surface area contributed by atoms with E-state index in [-0.39, 0.29) is 12.2 Å². The van der Waals surface area contributed by atoms with Gasteiger partial charge in [-0.05, 0) is 18.2 Å². The lowest BCUT2D eigenvalue weighted by atomic mass is 10.1. The molecule has 0 aliphatic heterocycles. The highest BCUT2D eigenvalue weighted by Gasteiger charge is 2.33. The molecule has 1 aromatic carbocycles. The van der Waals surface area contributed by atoms with Crippen LogP contribution in [0.5, 0.6) is 0 Å². The van der Waals surface area contributed by atoms with E-state index in [4.69, 9.17) is 0 Å². The lowest BCUT2D eigenvalue weighted by Crippen LogP contribution is -2.11. The summed E-state index contributed by atoms with van der Waals surface area (Å²) in [5, 5.41) is 2.66. The van der Waals surface area contributed by atoms with Crippen LogP contribution in [0.2, 0.25) is 0 Å². The molecule has 0 heterocycles. The molecule has 0 amide bonds. The van der Waals surface area contributed by atoms with Crippen LogP contribution in [0, 0.1) is 0 Å². The fourth-order valence-corrected chi connectivity index (χ4v) is 1.60. The van der Waals surface area contributed by atoms with Gasteiger partial charge in [0.1, 0.15) is 0 Å². The molecule has 1 nitrogen and oxygen atoms in total. The van der Waals surface area contributed by atoms with E-state index in [0.29, 0.717) is 8.96 Å². The fraction of sp³-hybridized carbons (Fsp3) is 0.200. The van der Waals surface area contributed by atoms with Crippen LogP contribution in [-0.4, -0.2) is 6.54 Å². The maximum Gasteiger partial charge on any atom is 0.418 e. The molecule has 1 rings (SSSR count). The van der Waals surface area contributed by atoms with Crippen molar-refractivity contribution >= 4 is 37.5 Å². The largest absolute Gasteiger partial charge is 0.418 e. The maximum absolute atomic E-state index is 12.7. The molecule has 0 fully saturated rings. The summed E-state index contributed by atoms with van der Waals surface area (Å²) in [6.45, 7) is 3.78. The zero-order valence-electron chi connectivity index (χ0n) is 8.04. The molecule has 1 aromatic rings. The van der Waals surface area contributed by atoms with Crippen LogP contribution < -0.4 is 5.32 Å². The third kappa shape index (κ3) is 3.83. The van der Waals surface area contributed by atoms with Crippen molar-refractivity contribution in [2.45, 2.75) is 6.18 Å². The SMILES string of the molecule is C=C(Br)CNc1ccc(Br)cc1C(F)(F)F. The van der Waals surface area contributed by atoms with Crippen molar-refractivity contribution in [3.63, 3.8) is 0 Å². The molecule has 0 unspecified atom stereocenters. The second-order valence-corrected chi connectivity index (χ2v) is 5.10. The van der Waals surface area contributed by atoms with Crippen molar-refractivity contribution in [2.75, 3.05) is 11.9 Å². The van der Waals surface area contributed by atoms with Gasteiger partial charge in [0.15, 0.2) is 0 Å². The first-order valence-electron chi connectivity index (χ1n) is 4.24. The summed E-state index contributed by atoms with van der Waals surface area (Å²) in [7, 11) is 0. The summed E-state index contributed by atoms with van der Waals surface area (Å²) in [5.74, 6) is 0. The molecule has 0 radical (unpaired) electrons. The Balaban J connectivity index is 3.03. The van der Waals surface area contributed by atoms with Crippen molar-refractivity contribution in [1.82, 2.24) is 0 Å². The number of benzene rings is 1. The second kappa shape index (κ2) is 5.23. The molecule has 1 N–H and O–H groups in total. The third-order valence-corrected chi connectivity index (χ3v) is 2.53. The number of halogens is 5. The lowest BCUT2D eigenvalue weighted by molar-refractivity contribution is -0.137. The molecule has 0 spiro atoms. The summed E-state index contributed by atoms with van der Waals surface area (Å²) in [6.07, 6.45) is -4.38. The van der Waals surface area contributed by atoms with Crippen molar-refractivity contribution in [1.29, 1.82) is 0 Å². The number of rotatable bonds is 3. The summed E-state index contributed by atoms with van der Waals surface area (Å²) >= 11 is 6.09. The number of anilines is 1. The number of hydrogen-bond acceptors (Lipinski definition) is 1. The van der Waals surface area contributed by atoms with Crippen LogP contribution in [0.15, 0.2) is 33.7 Å².